The van der Waals surface area contributed by atoms with Gasteiger partial charge in [-0.25, -0.2) is 0 Å². The number of hydrogen-bond donors (Lipinski definition) is 0. The molecule has 2 nitrogen and oxygen atoms in total. The van der Waals surface area contributed by atoms with Crippen molar-refractivity contribution < 1.29 is 17.9 Å². The number of halogens is 3. The van der Waals surface area contributed by atoms with Crippen LogP contribution in [-0.4, -0.2) is 11.3 Å². The highest BCUT2D eigenvalue weighted by Gasteiger charge is 2.33. The smallest absolute Gasteiger partial charge is 0.405 e. The number of hydrogen-bond acceptors (Lipinski definition) is 2. The Morgan fingerprint density at radius 1 is 1.29 bits per heavy atom. The maximum Gasteiger partial charge on any atom is 0.573 e. The highest BCUT2D eigenvalue weighted by molar-refractivity contribution is 5.68. The van der Waals surface area contributed by atoms with Crippen molar-refractivity contribution in [1.29, 1.82) is 0 Å². The van der Waals surface area contributed by atoms with E-state index in [2.05, 4.69) is 15.8 Å². The first kappa shape index (κ1) is 13.9. The van der Waals surface area contributed by atoms with Crippen LogP contribution in [0, 0.1) is 13.0 Å². The number of para-hydroxylation sites is 1. The Hall–Kier alpha value is -2.04. The van der Waals surface area contributed by atoms with E-state index < -0.39 is 6.36 Å². The van der Waals surface area contributed by atoms with E-state index in [1.54, 1.807) is 37.4 Å². The molecule has 1 heterocycles. The summed E-state index contributed by atoms with van der Waals surface area (Å²) in [5.74, 6) is 0.319. The quantitative estimate of drug-likeness (QED) is 0.822. The fourth-order valence-electron chi connectivity index (χ4n) is 2.24. The predicted octanol–water partition coefficient (Wildman–Crippen LogP) is 4.63. The minimum Gasteiger partial charge on any atom is -0.405 e. The number of aromatic nitrogens is 1. The second-order valence-corrected chi connectivity index (χ2v) is 5.17. The average molecular weight is 292 g/mol. The third-order valence-electron chi connectivity index (χ3n) is 3.45. The summed E-state index contributed by atoms with van der Waals surface area (Å²) in [6, 6.07) is 9.59. The van der Waals surface area contributed by atoms with Gasteiger partial charge in [0.25, 0.3) is 0 Å². The lowest BCUT2D eigenvalue weighted by Gasteiger charge is -2.15. The molecule has 0 bridgehead atoms. The molecule has 1 radical (unpaired) electrons. The van der Waals surface area contributed by atoms with Gasteiger partial charge in [0.05, 0.1) is 5.69 Å². The van der Waals surface area contributed by atoms with E-state index in [-0.39, 0.29) is 5.75 Å². The number of ether oxygens (including phenoxy) is 1. The molecule has 0 amide bonds. The topological polar surface area (TPSA) is 22.1 Å². The minimum atomic E-state index is -4.73. The molecule has 1 aliphatic rings. The zero-order chi connectivity index (χ0) is 15.0. The van der Waals surface area contributed by atoms with Gasteiger partial charge in [0.1, 0.15) is 5.75 Å². The van der Waals surface area contributed by atoms with E-state index in [0.29, 0.717) is 22.7 Å². The highest BCUT2D eigenvalue weighted by Crippen LogP contribution is 2.41. The van der Waals surface area contributed by atoms with Gasteiger partial charge < -0.3 is 4.74 Å². The van der Waals surface area contributed by atoms with Crippen molar-refractivity contribution in [2.75, 3.05) is 0 Å². The van der Waals surface area contributed by atoms with Crippen LogP contribution in [0.1, 0.15) is 29.9 Å². The molecule has 0 spiro atoms. The Morgan fingerprint density at radius 3 is 2.62 bits per heavy atom. The van der Waals surface area contributed by atoms with Crippen molar-refractivity contribution in [2.45, 2.75) is 32.0 Å². The maximum absolute atomic E-state index is 12.5. The summed E-state index contributed by atoms with van der Waals surface area (Å²) in [5, 5.41) is 0. The Balaban J connectivity index is 1.98. The van der Waals surface area contributed by atoms with Gasteiger partial charge >= 0.3 is 6.36 Å². The first-order valence-corrected chi connectivity index (χ1v) is 6.67. The van der Waals surface area contributed by atoms with Gasteiger partial charge in [-0.2, -0.15) is 0 Å². The van der Waals surface area contributed by atoms with Gasteiger partial charge in [-0.1, -0.05) is 12.1 Å². The van der Waals surface area contributed by atoms with Crippen LogP contribution in [0.25, 0.3) is 11.3 Å². The summed E-state index contributed by atoms with van der Waals surface area (Å²) in [4.78, 5) is 4.24. The van der Waals surface area contributed by atoms with E-state index in [9.17, 15) is 13.2 Å². The third kappa shape index (κ3) is 3.17. The molecule has 0 aliphatic heterocycles. The second-order valence-electron chi connectivity index (χ2n) is 5.17. The zero-order valence-corrected chi connectivity index (χ0v) is 11.4. The van der Waals surface area contributed by atoms with Crippen molar-refractivity contribution in [1.82, 2.24) is 4.98 Å². The predicted molar refractivity (Wildman–Crippen MR) is 71.9 cm³/mol. The molecule has 1 aromatic carbocycles. The minimum absolute atomic E-state index is 0.215. The summed E-state index contributed by atoms with van der Waals surface area (Å²) in [7, 11) is 0. The average Bonchev–Trinajstić information content (AvgIpc) is 3.24. The molecule has 0 unspecified atom stereocenters. The van der Waals surface area contributed by atoms with Gasteiger partial charge in [0.15, 0.2) is 0 Å². The lowest BCUT2D eigenvalue weighted by Crippen LogP contribution is -2.18. The Bertz CT molecular complexity index is 646. The lowest BCUT2D eigenvalue weighted by atomic mass is 10.0. The van der Waals surface area contributed by atoms with Gasteiger partial charge in [-0.15, -0.1) is 13.2 Å². The van der Waals surface area contributed by atoms with Crippen molar-refractivity contribution in [3.05, 3.63) is 47.7 Å². The fourth-order valence-corrected chi connectivity index (χ4v) is 2.24. The lowest BCUT2D eigenvalue weighted by molar-refractivity contribution is -0.274. The van der Waals surface area contributed by atoms with E-state index in [0.717, 1.165) is 18.4 Å². The van der Waals surface area contributed by atoms with Gasteiger partial charge in [-0.05, 0) is 48.9 Å². The summed E-state index contributed by atoms with van der Waals surface area (Å²) < 4.78 is 41.8. The highest BCUT2D eigenvalue weighted by atomic mass is 19.4. The van der Waals surface area contributed by atoms with E-state index in [1.165, 1.54) is 0 Å². The molecule has 2 aromatic rings. The van der Waals surface area contributed by atoms with Crippen LogP contribution in [0.15, 0.2) is 30.5 Å². The summed E-state index contributed by atoms with van der Waals surface area (Å²) >= 11 is 0. The molecule has 109 valence electrons. The van der Waals surface area contributed by atoms with E-state index >= 15 is 0 Å². The van der Waals surface area contributed by atoms with Gasteiger partial charge in [0.2, 0.25) is 0 Å². The molecule has 0 atom stereocenters. The third-order valence-corrected chi connectivity index (χ3v) is 3.45. The molecule has 5 heteroatoms. The van der Waals surface area contributed by atoms with Crippen LogP contribution in [0.4, 0.5) is 13.2 Å². The van der Waals surface area contributed by atoms with Crippen molar-refractivity contribution in [3.63, 3.8) is 0 Å². The van der Waals surface area contributed by atoms with Gasteiger partial charge in [-0.3, -0.25) is 4.98 Å². The largest absolute Gasteiger partial charge is 0.573 e. The van der Waals surface area contributed by atoms with Crippen LogP contribution >= 0.6 is 0 Å². The molecular weight excluding hydrogens is 279 g/mol. The van der Waals surface area contributed by atoms with E-state index in [1.807, 2.05) is 0 Å². The zero-order valence-electron chi connectivity index (χ0n) is 11.4. The number of rotatable bonds is 3. The van der Waals surface area contributed by atoms with Crippen molar-refractivity contribution in [2.24, 2.45) is 0 Å². The number of benzene rings is 1. The molecule has 21 heavy (non-hydrogen) atoms. The van der Waals surface area contributed by atoms with Crippen LogP contribution in [0.2, 0.25) is 0 Å². The Kier molecular flexibility index (Phi) is 3.35. The molecule has 1 saturated carbocycles. The normalized spacial score (nSPS) is 15.0. The monoisotopic (exact) mass is 292 g/mol. The van der Waals surface area contributed by atoms with Crippen molar-refractivity contribution >= 4 is 0 Å². The standard InChI is InChI=1S/C16H13F3NO/c1-10-3-2-4-13(15(10)21-16(17,18)19)14-8-7-12(9-20-14)11-5-6-11/h2-4,7,9,11H,5-6H2,1H3. The molecular formula is C16H13F3NO. The molecule has 0 N–H and O–H groups in total. The molecule has 1 fully saturated rings. The Morgan fingerprint density at radius 2 is 2.05 bits per heavy atom. The number of pyridine rings is 1. The van der Waals surface area contributed by atoms with Crippen LogP contribution < -0.4 is 4.74 Å². The number of aryl methyl sites for hydroxylation is 1. The maximum atomic E-state index is 12.5. The molecule has 0 saturated heterocycles. The SMILES string of the molecule is Cc1cccc(-c2[c]cc(C3CC3)cn2)c1OC(F)(F)F. The summed E-state index contributed by atoms with van der Waals surface area (Å²) in [6.07, 6.45) is -0.735. The van der Waals surface area contributed by atoms with Crippen LogP contribution in [0.5, 0.6) is 5.75 Å². The molecule has 1 aromatic heterocycles. The van der Waals surface area contributed by atoms with Crippen molar-refractivity contribution in [3.8, 4) is 17.0 Å². The van der Waals surface area contributed by atoms with Crippen LogP contribution in [0.3, 0.4) is 0 Å². The number of alkyl halides is 3. The second kappa shape index (κ2) is 5.06. The first-order chi connectivity index (χ1) is 9.94. The summed E-state index contributed by atoms with van der Waals surface area (Å²) in [5.41, 5.74) is 2.16. The van der Waals surface area contributed by atoms with E-state index in [4.69, 9.17) is 0 Å². The number of nitrogens with zero attached hydrogens (tertiary/aromatic N) is 1. The van der Waals surface area contributed by atoms with Crippen LogP contribution in [-0.2, 0) is 0 Å². The molecule has 1 aliphatic carbocycles. The fraction of sp³-hybridized carbons (Fsp3) is 0.312. The van der Waals surface area contributed by atoms with Gasteiger partial charge in [0, 0.05) is 17.8 Å². The first-order valence-electron chi connectivity index (χ1n) is 6.67. The Labute approximate surface area is 120 Å². The summed E-state index contributed by atoms with van der Waals surface area (Å²) in [6.45, 7) is 1.57. The molecule has 3 rings (SSSR count).